The molecule has 0 rings (SSSR count). The van der Waals surface area contributed by atoms with Crippen LogP contribution in [0.5, 0.6) is 0 Å². The van der Waals surface area contributed by atoms with Crippen LogP contribution in [0.1, 0.15) is 72.1 Å². The van der Waals surface area contributed by atoms with Gasteiger partial charge in [-0.25, -0.2) is 0 Å². The third-order valence-electron chi connectivity index (χ3n) is 3.26. The highest BCUT2D eigenvalue weighted by Crippen LogP contribution is 2.05. The molecule has 0 saturated heterocycles. The van der Waals surface area contributed by atoms with E-state index < -0.39 is 0 Å². The maximum Gasteiger partial charge on any atom is 0.0189 e. The van der Waals surface area contributed by atoms with Crippen LogP contribution < -0.4 is 0 Å². The van der Waals surface area contributed by atoms with Gasteiger partial charge in [-0.1, -0.05) is 102 Å². The third-order valence-corrected chi connectivity index (χ3v) is 3.26. The summed E-state index contributed by atoms with van der Waals surface area (Å²) in [7, 11) is 4.17. The zero-order valence-corrected chi connectivity index (χ0v) is 15.3. The summed E-state index contributed by atoms with van der Waals surface area (Å²) in [4.78, 5) is 2.18. The Hall–Kier alpha value is -0.820. The summed E-state index contributed by atoms with van der Waals surface area (Å²) < 4.78 is 0. The van der Waals surface area contributed by atoms with Gasteiger partial charge in [0, 0.05) is 6.54 Å². The lowest BCUT2D eigenvalue weighted by Gasteiger charge is -2.10. The molecule has 0 N–H and O–H groups in total. The molecule has 0 unspecified atom stereocenters. The van der Waals surface area contributed by atoms with Gasteiger partial charge in [-0.15, -0.1) is 0 Å². The zero-order valence-electron chi connectivity index (χ0n) is 15.3. The summed E-state index contributed by atoms with van der Waals surface area (Å²) >= 11 is 0. The second kappa shape index (κ2) is 19.2. The molecule has 0 amide bonds. The Morgan fingerprint density at radius 3 is 1.76 bits per heavy atom. The number of rotatable bonds is 11. The maximum atomic E-state index is 3.62. The fourth-order valence-electron chi connectivity index (χ4n) is 1.99. The second-order valence-electron chi connectivity index (χ2n) is 5.80. The van der Waals surface area contributed by atoms with Crippen LogP contribution in [0.4, 0.5) is 0 Å². The molecule has 0 aliphatic heterocycles. The van der Waals surface area contributed by atoms with Gasteiger partial charge >= 0.3 is 0 Å². The molecule has 0 spiro atoms. The Bertz CT molecular complexity index is 255. The van der Waals surface area contributed by atoms with Gasteiger partial charge in [0.25, 0.3) is 0 Å². The molecule has 0 heterocycles. The van der Waals surface area contributed by atoms with Crippen LogP contribution in [0.15, 0.2) is 36.5 Å². The molecule has 0 bridgehead atoms. The Morgan fingerprint density at radius 1 is 0.857 bits per heavy atom. The normalized spacial score (nSPS) is 11.6. The van der Waals surface area contributed by atoms with Crippen molar-refractivity contribution in [1.29, 1.82) is 0 Å². The number of allylic oxidation sites excluding steroid dienone is 4. The molecule has 0 aromatic rings. The molecule has 0 fully saturated rings. The van der Waals surface area contributed by atoms with E-state index in [1.807, 2.05) is 12.2 Å². The van der Waals surface area contributed by atoms with Gasteiger partial charge in [-0.2, -0.15) is 0 Å². The predicted octanol–water partition coefficient (Wildman–Crippen LogP) is 6.38. The first-order chi connectivity index (χ1) is 10.1. The summed E-state index contributed by atoms with van der Waals surface area (Å²) in [6.07, 6.45) is 19.0. The fraction of sp³-hybridized carbons (Fsp3) is 0.700. The minimum absolute atomic E-state index is 1.04. The Labute approximate surface area is 134 Å². The lowest BCUT2D eigenvalue weighted by Crippen LogP contribution is -2.14. The molecule has 0 aromatic heterocycles. The number of unbranched alkanes of at least 4 members (excludes halogenated alkanes) is 6. The van der Waals surface area contributed by atoms with Crippen LogP contribution >= 0.6 is 0 Å². The molecule has 124 valence electrons. The fourth-order valence-corrected chi connectivity index (χ4v) is 1.99. The third kappa shape index (κ3) is 21.6. The first-order valence-corrected chi connectivity index (χ1v) is 8.74. The summed E-state index contributed by atoms with van der Waals surface area (Å²) in [5.74, 6) is 0. The van der Waals surface area contributed by atoms with Crippen molar-refractivity contribution in [2.45, 2.75) is 72.1 Å². The molecule has 1 heteroatoms. The van der Waals surface area contributed by atoms with Crippen molar-refractivity contribution in [3.63, 3.8) is 0 Å². The van der Waals surface area contributed by atoms with Crippen LogP contribution in [0, 0.1) is 0 Å². The topological polar surface area (TPSA) is 3.24 Å². The summed E-state index contributed by atoms with van der Waals surface area (Å²) in [5, 5.41) is 0. The summed E-state index contributed by atoms with van der Waals surface area (Å²) in [6, 6.07) is 0. The van der Waals surface area contributed by atoms with E-state index >= 15 is 0 Å². The average Bonchev–Trinajstić information content (AvgIpc) is 2.46. The molecular weight excluding hydrogens is 254 g/mol. The van der Waals surface area contributed by atoms with E-state index in [1.54, 1.807) is 6.08 Å². The average molecular weight is 294 g/mol. The molecular formula is C20H39N. The molecule has 0 saturated carbocycles. The lowest BCUT2D eigenvalue weighted by atomic mass is 10.1. The summed E-state index contributed by atoms with van der Waals surface area (Å²) in [6.45, 7) is 11.4. The SMILES string of the molecule is C=C/C=C\C=C(/CC)CN(C)C.CCCCCCCCC. The van der Waals surface area contributed by atoms with E-state index in [9.17, 15) is 0 Å². The standard InChI is InChI=1S/C11H19N.C9H20/c1-5-7-8-9-11(6-2)10-12(3)4;1-3-5-7-9-8-6-4-2/h5,7-9H,1,6,10H2,2-4H3;3-9H2,1-2H3/b8-7-,11-9+;. The van der Waals surface area contributed by atoms with Crippen molar-refractivity contribution in [2.24, 2.45) is 0 Å². The number of nitrogens with zero attached hydrogens (tertiary/aromatic N) is 1. The molecule has 0 atom stereocenters. The highest BCUT2D eigenvalue weighted by molar-refractivity contribution is 5.16. The maximum absolute atomic E-state index is 3.62. The monoisotopic (exact) mass is 293 g/mol. The molecule has 0 aromatic carbocycles. The van der Waals surface area contributed by atoms with Gasteiger partial charge in [0.15, 0.2) is 0 Å². The first kappa shape index (κ1) is 22.5. The van der Waals surface area contributed by atoms with Crippen LogP contribution in [0.25, 0.3) is 0 Å². The van der Waals surface area contributed by atoms with Gasteiger partial charge in [0.05, 0.1) is 0 Å². The van der Waals surface area contributed by atoms with Crippen LogP contribution in [-0.4, -0.2) is 25.5 Å². The minimum Gasteiger partial charge on any atom is -0.305 e. The molecule has 0 radical (unpaired) electrons. The molecule has 0 aliphatic rings. The van der Waals surface area contributed by atoms with E-state index in [-0.39, 0.29) is 0 Å². The van der Waals surface area contributed by atoms with E-state index in [0.29, 0.717) is 0 Å². The Kier molecular flexibility index (Phi) is 20.5. The van der Waals surface area contributed by atoms with E-state index in [4.69, 9.17) is 0 Å². The molecule has 21 heavy (non-hydrogen) atoms. The Balaban J connectivity index is 0. The molecule has 0 aliphatic carbocycles. The van der Waals surface area contributed by atoms with Gasteiger partial charge < -0.3 is 4.90 Å². The van der Waals surface area contributed by atoms with Gasteiger partial charge in [0.1, 0.15) is 0 Å². The first-order valence-electron chi connectivity index (χ1n) is 8.74. The van der Waals surface area contributed by atoms with Gasteiger partial charge in [0.2, 0.25) is 0 Å². The van der Waals surface area contributed by atoms with Crippen molar-refractivity contribution < 1.29 is 0 Å². The largest absolute Gasteiger partial charge is 0.305 e. The van der Waals surface area contributed by atoms with Crippen molar-refractivity contribution in [1.82, 2.24) is 4.90 Å². The number of hydrogen-bond acceptors (Lipinski definition) is 1. The predicted molar refractivity (Wildman–Crippen MR) is 99.9 cm³/mol. The van der Waals surface area contributed by atoms with Crippen LogP contribution in [0.3, 0.4) is 0 Å². The van der Waals surface area contributed by atoms with E-state index in [0.717, 1.165) is 13.0 Å². The highest BCUT2D eigenvalue weighted by Gasteiger charge is 1.93. The van der Waals surface area contributed by atoms with Gasteiger partial charge in [-0.05, 0) is 20.5 Å². The Morgan fingerprint density at radius 2 is 1.38 bits per heavy atom. The minimum atomic E-state index is 1.04. The van der Waals surface area contributed by atoms with E-state index in [2.05, 4.69) is 52.4 Å². The highest BCUT2D eigenvalue weighted by atomic mass is 15.0. The van der Waals surface area contributed by atoms with Crippen molar-refractivity contribution in [3.05, 3.63) is 36.5 Å². The number of likely N-dealkylation sites (N-methyl/N-ethyl adjacent to an activating group) is 1. The summed E-state index contributed by atoms with van der Waals surface area (Å²) in [5.41, 5.74) is 1.44. The van der Waals surface area contributed by atoms with E-state index in [1.165, 1.54) is 50.5 Å². The van der Waals surface area contributed by atoms with Crippen LogP contribution in [0.2, 0.25) is 0 Å². The molecule has 1 nitrogen and oxygen atoms in total. The quantitative estimate of drug-likeness (QED) is 0.315. The van der Waals surface area contributed by atoms with Crippen LogP contribution in [-0.2, 0) is 0 Å². The van der Waals surface area contributed by atoms with Crippen molar-refractivity contribution >= 4 is 0 Å². The van der Waals surface area contributed by atoms with Gasteiger partial charge in [-0.3, -0.25) is 0 Å². The van der Waals surface area contributed by atoms with Crippen molar-refractivity contribution in [3.8, 4) is 0 Å². The lowest BCUT2D eigenvalue weighted by molar-refractivity contribution is 0.441. The second-order valence-corrected chi connectivity index (χ2v) is 5.80. The number of hydrogen-bond donors (Lipinski definition) is 0. The van der Waals surface area contributed by atoms with Crippen molar-refractivity contribution in [2.75, 3.05) is 20.6 Å². The zero-order chi connectivity index (χ0) is 16.3. The smallest absolute Gasteiger partial charge is 0.0189 e.